The van der Waals surface area contributed by atoms with Crippen molar-refractivity contribution < 1.29 is 9.59 Å². The van der Waals surface area contributed by atoms with Crippen LogP contribution in [0.25, 0.3) is 0 Å². The van der Waals surface area contributed by atoms with Crippen molar-refractivity contribution in [3.63, 3.8) is 0 Å². The minimum Gasteiger partial charge on any atom is -0.361 e. The van der Waals surface area contributed by atoms with Crippen LogP contribution in [0.3, 0.4) is 0 Å². The molecule has 2 amide bonds. The largest absolute Gasteiger partial charge is 0.361 e. The van der Waals surface area contributed by atoms with E-state index in [1.54, 1.807) is 0 Å². The van der Waals surface area contributed by atoms with Gasteiger partial charge in [-0.3, -0.25) is 9.59 Å². The van der Waals surface area contributed by atoms with E-state index in [2.05, 4.69) is 26.1 Å². The highest BCUT2D eigenvalue weighted by Crippen LogP contribution is 2.21. The molecule has 0 spiro atoms. The molecular weight excluding hydrogens is 216 g/mol. The SMILES string of the molecule is CC(C)(C)c1ccc(CNC(=O)C(N)=O)cc1. The van der Waals surface area contributed by atoms with Gasteiger partial charge < -0.3 is 11.1 Å². The van der Waals surface area contributed by atoms with E-state index in [4.69, 9.17) is 5.73 Å². The molecule has 0 heterocycles. The van der Waals surface area contributed by atoms with Gasteiger partial charge in [-0.15, -0.1) is 0 Å². The Kier molecular flexibility index (Phi) is 3.89. The zero-order chi connectivity index (χ0) is 13.1. The third-order valence-corrected chi connectivity index (χ3v) is 2.50. The summed E-state index contributed by atoms with van der Waals surface area (Å²) < 4.78 is 0. The molecule has 0 aromatic heterocycles. The van der Waals surface area contributed by atoms with Crippen molar-refractivity contribution in [1.82, 2.24) is 5.32 Å². The van der Waals surface area contributed by atoms with Crippen molar-refractivity contribution in [3.05, 3.63) is 35.4 Å². The van der Waals surface area contributed by atoms with E-state index < -0.39 is 11.8 Å². The molecule has 17 heavy (non-hydrogen) atoms. The smallest absolute Gasteiger partial charge is 0.309 e. The Morgan fingerprint density at radius 2 is 1.71 bits per heavy atom. The molecule has 0 aliphatic rings. The Morgan fingerprint density at radius 3 is 2.12 bits per heavy atom. The van der Waals surface area contributed by atoms with Crippen molar-refractivity contribution in [2.45, 2.75) is 32.7 Å². The molecule has 1 aromatic rings. The van der Waals surface area contributed by atoms with Crippen LogP contribution < -0.4 is 11.1 Å². The van der Waals surface area contributed by atoms with Crippen LogP contribution in [0.1, 0.15) is 31.9 Å². The van der Waals surface area contributed by atoms with Gasteiger partial charge in [0, 0.05) is 6.54 Å². The molecule has 3 N–H and O–H groups in total. The van der Waals surface area contributed by atoms with Gasteiger partial charge in [0.1, 0.15) is 0 Å². The van der Waals surface area contributed by atoms with Crippen LogP contribution in [0.15, 0.2) is 24.3 Å². The fourth-order valence-electron chi connectivity index (χ4n) is 1.39. The van der Waals surface area contributed by atoms with Gasteiger partial charge >= 0.3 is 11.8 Å². The second kappa shape index (κ2) is 4.99. The number of carbonyl (C=O) groups is 2. The lowest BCUT2D eigenvalue weighted by Gasteiger charge is -2.19. The summed E-state index contributed by atoms with van der Waals surface area (Å²) in [6, 6.07) is 7.90. The van der Waals surface area contributed by atoms with E-state index in [0.717, 1.165) is 5.56 Å². The molecule has 0 radical (unpaired) electrons. The maximum Gasteiger partial charge on any atom is 0.309 e. The van der Waals surface area contributed by atoms with Crippen LogP contribution in [-0.2, 0) is 21.5 Å². The number of nitrogens with two attached hydrogens (primary N) is 1. The van der Waals surface area contributed by atoms with Gasteiger partial charge in [0.05, 0.1) is 0 Å². The van der Waals surface area contributed by atoms with Gasteiger partial charge in [-0.05, 0) is 16.5 Å². The lowest BCUT2D eigenvalue weighted by atomic mass is 9.87. The Hall–Kier alpha value is -1.84. The van der Waals surface area contributed by atoms with Crippen LogP contribution >= 0.6 is 0 Å². The summed E-state index contributed by atoms with van der Waals surface area (Å²) in [4.78, 5) is 21.5. The summed E-state index contributed by atoms with van der Waals surface area (Å²) in [7, 11) is 0. The average molecular weight is 234 g/mol. The number of rotatable bonds is 2. The van der Waals surface area contributed by atoms with Crippen molar-refractivity contribution in [2.75, 3.05) is 0 Å². The number of primary amides is 1. The molecule has 0 bridgehead atoms. The lowest BCUT2D eigenvalue weighted by Crippen LogP contribution is -2.35. The van der Waals surface area contributed by atoms with Gasteiger partial charge in [-0.1, -0.05) is 45.0 Å². The zero-order valence-corrected chi connectivity index (χ0v) is 10.4. The average Bonchev–Trinajstić information content (AvgIpc) is 2.25. The van der Waals surface area contributed by atoms with Crippen molar-refractivity contribution in [2.24, 2.45) is 5.73 Å². The summed E-state index contributed by atoms with van der Waals surface area (Å²) in [6.07, 6.45) is 0. The number of benzene rings is 1. The molecule has 0 saturated carbocycles. The molecule has 4 nitrogen and oxygen atoms in total. The van der Waals surface area contributed by atoms with Crippen LogP contribution in [0.2, 0.25) is 0 Å². The third-order valence-electron chi connectivity index (χ3n) is 2.50. The molecule has 0 unspecified atom stereocenters. The van der Waals surface area contributed by atoms with E-state index in [9.17, 15) is 9.59 Å². The second-order valence-electron chi connectivity index (χ2n) is 4.99. The first-order chi connectivity index (χ1) is 7.80. The molecular formula is C13H18N2O2. The third kappa shape index (κ3) is 3.90. The van der Waals surface area contributed by atoms with Gasteiger partial charge in [0.25, 0.3) is 0 Å². The van der Waals surface area contributed by atoms with E-state index in [1.807, 2.05) is 24.3 Å². The molecule has 0 atom stereocenters. The Balaban J connectivity index is 2.63. The van der Waals surface area contributed by atoms with Crippen molar-refractivity contribution in [1.29, 1.82) is 0 Å². The van der Waals surface area contributed by atoms with E-state index in [-0.39, 0.29) is 5.41 Å². The summed E-state index contributed by atoms with van der Waals surface area (Å²) in [6.45, 7) is 6.72. The highest BCUT2D eigenvalue weighted by molar-refractivity contribution is 6.34. The minimum absolute atomic E-state index is 0.106. The molecule has 1 aromatic carbocycles. The van der Waals surface area contributed by atoms with Gasteiger partial charge in [-0.25, -0.2) is 0 Å². The summed E-state index contributed by atoms with van der Waals surface area (Å²) in [5.74, 6) is -1.72. The molecule has 0 aliphatic carbocycles. The highest BCUT2D eigenvalue weighted by atomic mass is 16.2. The van der Waals surface area contributed by atoms with Crippen molar-refractivity contribution in [3.8, 4) is 0 Å². The molecule has 4 heteroatoms. The Bertz CT molecular complexity index is 416. The maximum absolute atomic E-state index is 11.0. The summed E-state index contributed by atoms with van der Waals surface area (Å²) in [5.41, 5.74) is 7.10. The first-order valence-electron chi connectivity index (χ1n) is 5.48. The zero-order valence-electron chi connectivity index (χ0n) is 10.4. The fraction of sp³-hybridized carbons (Fsp3) is 0.385. The van der Waals surface area contributed by atoms with Gasteiger partial charge in [0.15, 0.2) is 0 Å². The van der Waals surface area contributed by atoms with Crippen molar-refractivity contribution >= 4 is 11.8 Å². The Labute approximate surface area is 101 Å². The van der Waals surface area contributed by atoms with E-state index >= 15 is 0 Å². The topological polar surface area (TPSA) is 72.2 Å². The van der Waals surface area contributed by atoms with E-state index in [1.165, 1.54) is 5.56 Å². The van der Waals surface area contributed by atoms with Gasteiger partial charge in [-0.2, -0.15) is 0 Å². The maximum atomic E-state index is 11.0. The van der Waals surface area contributed by atoms with Crippen LogP contribution in [-0.4, -0.2) is 11.8 Å². The monoisotopic (exact) mass is 234 g/mol. The first-order valence-corrected chi connectivity index (χ1v) is 5.48. The Morgan fingerprint density at radius 1 is 1.18 bits per heavy atom. The minimum atomic E-state index is -0.962. The number of nitrogens with one attached hydrogen (secondary N) is 1. The standard InChI is InChI=1S/C13H18N2O2/c1-13(2,3)10-6-4-9(5-7-10)8-15-12(17)11(14)16/h4-7H,8H2,1-3H3,(H2,14,16)(H,15,17). The molecule has 0 saturated heterocycles. The van der Waals surface area contributed by atoms with Crippen LogP contribution in [0.4, 0.5) is 0 Å². The number of carbonyl (C=O) groups excluding carboxylic acids is 2. The van der Waals surface area contributed by atoms with Crippen LogP contribution in [0, 0.1) is 0 Å². The lowest BCUT2D eigenvalue weighted by molar-refractivity contribution is -0.137. The quantitative estimate of drug-likeness (QED) is 0.752. The normalized spacial score (nSPS) is 11.0. The number of amides is 2. The second-order valence-corrected chi connectivity index (χ2v) is 4.99. The first kappa shape index (κ1) is 13.2. The summed E-state index contributed by atoms with van der Waals surface area (Å²) in [5, 5.41) is 2.44. The highest BCUT2D eigenvalue weighted by Gasteiger charge is 2.13. The molecule has 92 valence electrons. The van der Waals surface area contributed by atoms with E-state index in [0.29, 0.717) is 6.54 Å². The number of hydrogen-bond donors (Lipinski definition) is 2. The molecule has 1 rings (SSSR count). The predicted octanol–water partition coefficient (Wildman–Crippen LogP) is 1.09. The van der Waals surface area contributed by atoms with Crippen LogP contribution in [0.5, 0.6) is 0 Å². The molecule has 0 aliphatic heterocycles. The molecule has 0 fully saturated rings. The summed E-state index contributed by atoms with van der Waals surface area (Å²) >= 11 is 0. The number of hydrogen-bond acceptors (Lipinski definition) is 2. The predicted molar refractivity (Wildman–Crippen MR) is 66.2 cm³/mol. The fourth-order valence-corrected chi connectivity index (χ4v) is 1.39. The van der Waals surface area contributed by atoms with Gasteiger partial charge in [0.2, 0.25) is 0 Å².